The predicted octanol–water partition coefficient (Wildman–Crippen LogP) is 1.10. The molecule has 3 rings (SSSR count). The van der Waals surface area contributed by atoms with Gasteiger partial charge in [-0.05, 0) is 12.1 Å². The lowest BCUT2D eigenvalue weighted by Crippen LogP contribution is -2.27. The smallest absolute Gasteiger partial charge is 0.323 e. The van der Waals surface area contributed by atoms with Gasteiger partial charge in [0.2, 0.25) is 15.9 Å². The van der Waals surface area contributed by atoms with Crippen molar-refractivity contribution in [3.63, 3.8) is 0 Å². The molecule has 0 spiro atoms. The lowest BCUT2D eigenvalue weighted by molar-refractivity contribution is -0.115. The standard InChI is InChI=1S/C16H19N5O4S2/c1-20(2)27(24,25)13-6-4-3-5-12(13)19-14(22)9-11-10-26-16(18-11)21-8-7-17-15(21)23/h3-6,10H,7-9H2,1-2H3,(H,17,23)(H,19,22). The summed E-state index contributed by atoms with van der Waals surface area (Å²) < 4.78 is 25.9. The fraction of sp³-hybridized carbons (Fsp3) is 0.312. The van der Waals surface area contributed by atoms with E-state index in [2.05, 4.69) is 15.6 Å². The van der Waals surface area contributed by atoms with E-state index in [9.17, 15) is 18.0 Å². The number of carbonyl (C=O) groups is 2. The van der Waals surface area contributed by atoms with Gasteiger partial charge in [-0.2, -0.15) is 0 Å². The third-order valence-electron chi connectivity index (χ3n) is 3.89. The van der Waals surface area contributed by atoms with E-state index in [0.29, 0.717) is 23.9 Å². The molecule has 1 aromatic heterocycles. The molecule has 9 nitrogen and oxygen atoms in total. The molecule has 27 heavy (non-hydrogen) atoms. The van der Waals surface area contributed by atoms with Crippen molar-refractivity contribution < 1.29 is 18.0 Å². The number of rotatable bonds is 6. The summed E-state index contributed by atoms with van der Waals surface area (Å²) in [5.41, 5.74) is 0.728. The van der Waals surface area contributed by atoms with Crippen LogP contribution in [-0.2, 0) is 21.2 Å². The maximum absolute atomic E-state index is 12.4. The van der Waals surface area contributed by atoms with Gasteiger partial charge in [0.1, 0.15) is 4.90 Å². The lowest BCUT2D eigenvalue weighted by atomic mass is 10.3. The molecule has 3 amide bonds. The van der Waals surface area contributed by atoms with Crippen molar-refractivity contribution >= 4 is 44.1 Å². The van der Waals surface area contributed by atoms with Gasteiger partial charge in [0, 0.05) is 32.6 Å². The summed E-state index contributed by atoms with van der Waals surface area (Å²) in [4.78, 5) is 29.9. The molecule has 2 N–H and O–H groups in total. The first-order valence-electron chi connectivity index (χ1n) is 8.10. The first-order chi connectivity index (χ1) is 12.8. The maximum Gasteiger partial charge on any atom is 0.323 e. The van der Waals surface area contributed by atoms with Gasteiger partial charge in [0.05, 0.1) is 17.8 Å². The highest BCUT2D eigenvalue weighted by atomic mass is 32.2. The summed E-state index contributed by atoms with van der Waals surface area (Å²) in [6.45, 7) is 1.10. The summed E-state index contributed by atoms with van der Waals surface area (Å²) in [6.07, 6.45) is -0.0255. The number of sulfonamides is 1. The Morgan fingerprint density at radius 1 is 1.37 bits per heavy atom. The van der Waals surface area contributed by atoms with E-state index < -0.39 is 10.0 Å². The number of carbonyl (C=O) groups excluding carboxylic acids is 2. The highest BCUT2D eigenvalue weighted by molar-refractivity contribution is 7.89. The number of anilines is 2. The van der Waals surface area contributed by atoms with Crippen LogP contribution in [0.4, 0.5) is 15.6 Å². The Kier molecular flexibility index (Phi) is 5.44. The van der Waals surface area contributed by atoms with Crippen LogP contribution in [0, 0.1) is 0 Å². The van der Waals surface area contributed by atoms with E-state index in [1.807, 2.05) is 0 Å². The molecule has 1 aromatic carbocycles. The first-order valence-corrected chi connectivity index (χ1v) is 10.4. The zero-order valence-corrected chi connectivity index (χ0v) is 16.4. The number of amides is 3. The minimum Gasteiger partial charge on any atom is -0.336 e. The Bertz CT molecular complexity index is 971. The molecule has 1 saturated heterocycles. The topological polar surface area (TPSA) is 112 Å². The molecular weight excluding hydrogens is 390 g/mol. The van der Waals surface area contributed by atoms with Crippen molar-refractivity contribution in [3.8, 4) is 0 Å². The van der Waals surface area contributed by atoms with Gasteiger partial charge in [-0.25, -0.2) is 22.5 Å². The molecular formula is C16H19N5O4S2. The van der Waals surface area contributed by atoms with Gasteiger partial charge in [0.25, 0.3) is 0 Å². The summed E-state index contributed by atoms with van der Waals surface area (Å²) in [6, 6.07) is 6.02. The molecule has 0 aliphatic carbocycles. The molecule has 0 radical (unpaired) electrons. The van der Waals surface area contributed by atoms with Crippen LogP contribution in [0.3, 0.4) is 0 Å². The van der Waals surface area contributed by atoms with E-state index in [1.165, 1.54) is 42.5 Å². The second-order valence-electron chi connectivity index (χ2n) is 6.01. The molecule has 1 fully saturated rings. The molecule has 0 saturated carbocycles. The fourth-order valence-corrected chi connectivity index (χ4v) is 4.40. The van der Waals surface area contributed by atoms with Gasteiger partial charge in [0.15, 0.2) is 5.13 Å². The van der Waals surface area contributed by atoms with Gasteiger partial charge < -0.3 is 10.6 Å². The predicted molar refractivity (Wildman–Crippen MR) is 103 cm³/mol. The molecule has 2 heterocycles. The van der Waals surface area contributed by atoms with E-state index >= 15 is 0 Å². The lowest BCUT2D eigenvalue weighted by Gasteiger charge is -2.15. The van der Waals surface area contributed by atoms with Crippen molar-refractivity contribution in [2.75, 3.05) is 37.4 Å². The van der Waals surface area contributed by atoms with Crippen LogP contribution in [0.1, 0.15) is 5.69 Å². The molecule has 11 heteroatoms. The van der Waals surface area contributed by atoms with Crippen LogP contribution in [0.2, 0.25) is 0 Å². The molecule has 2 aromatic rings. The average Bonchev–Trinajstić information content (AvgIpc) is 3.23. The van der Waals surface area contributed by atoms with Crippen molar-refractivity contribution in [1.29, 1.82) is 0 Å². The summed E-state index contributed by atoms with van der Waals surface area (Å²) in [5, 5.41) is 7.57. The Labute approximate surface area is 161 Å². The van der Waals surface area contributed by atoms with Crippen molar-refractivity contribution in [2.24, 2.45) is 0 Å². The Morgan fingerprint density at radius 2 is 2.11 bits per heavy atom. The molecule has 1 aliphatic heterocycles. The number of nitrogens with zero attached hydrogens (tertiary/aromatic N) is 3. The van der Waals surface area contributed by atoms with Crippen molar-refractivity contribution in [2.45, 2.75) is 11.3 Å². The third-order valence-corrected chi connectivity index (χ3v) is 6.67. The fourth-order valence-electron chi connectivity index (χ4n) is 2.51. The number of nitrogens with one attached hydrogen (secondary N) is 2. The van der Waals surface area contributed by atoms with Gasteiger partial charge in [-0.1, -0.05) is 12.1 Å². The van der Waals surface area contributed by atoms with Gasteiger partial charge in [-0.3, -0.25) is 9.69 Å². The monoisotopic (exact) mass is 409 g/mol. The average molecular weight is 409 g/mol. The normalized spacial score (nSPS) is 14.5. The molecule has 1 aliphatic rings. The van der Waals surface area contributed by atoms with Crippen LogP contribution < -0.4 is 15.5 Å². The van der Waals surface area contributed by atoms with Crippen LogP contribution in [-0.4, -0.2) is 56.8 Å². The second-order valence-corrected chi connectivity index (χ2v) is 8.97. The quantitative estimate of drug-likeness (QED) is 0.742. The summed E-state index contributed by atoms with van der Waals surface area (Å²) >= 11 is 1.28. The molecule has 0 bridgehead atoms. The third kappa shape index (κ3) is 4.10. The zero-order valence-electron chi connectivity index (χ0n) is 14.8. The number of urea groups is 1. The highest BCUT2D eigenvalue weighted by Crippen LogP contribution is 2.25. The van der Waals surface area contributed by atoms with Gasteiger partial charge in [-0.15, -0.1) is 11.3 Å². The minimum absolute atomic E-state index is 0.0241. The van der Waals surface area contributed by atoms with Crippen molar-refractivity contribution in [3.05, 3.63) is 35.3 Å². The maximum atomic E-state index is 12.4. The minimum atomic E-state index is -3.69. The van der Waals surface area contributed by atoms with E-state index in [4.69, 9.17) is 0 Å². The Balaban J connectivity index is 1.72. The second kappa shape index (κ2) is 7.62. The van der Waals surface area contributed by atoms with Crippen molar-refractivity contribution in [1.82, 2.24) is 14.6 Å². The molecule has 0 unspecified atom stereocenters. The van der Waals surface area contributed by atoms with Crippen LogP contribution in [0.5, 0.6) is 0 Å². The van der Waals surface area contributed by atoms with E-state index in [1.54, 1.807) is 17.5 Å². The van der Waals surface area contributed by atoms with Gasteiger partial charge >= 0.3 is 6.03 Å². The van der Waals surface area contributed by atoms with Crippen LogP contribution in [0.25, 0.3) is 0 Å². The van der Waals surface area contributed by atoms with E-state index in [0.717, 1.165) is 4.31 Å². The van der Waals surface area contributed by atoms with Crippen LogP contribution >= 0.6 is 11.3 Å². The highest BCUT2D eigenvalue weighted by Gasteiger charge is 2.25. The summed E-state index contributed by atoms with van der Waals surface area (Å²) in [7, 11) is -0.826. The summed E-state index contributed by atoms with van der Waals surface area (Å²) in [5.74, 6) is -0.390. The molecule has 0 atom stereocenters. The Hall–Kier alpha value is -2.50. The first kappa shape index (κ1) is 19.3. The SMILES string of the molecule is CN(C)S(=O)(=O)c1ccccc1NC(=O)Cc1csc(N2CCNC2=O)n1. The van der Waals surface area contributed by atoms with Crippen LogP contribution in [0.15, 0.2) is 34.5 Å². The number of para-hydroxylation sites is 1. The number of hydrogen-bond donors (Lipinski definition) is 2. The largest absolute Gasteiger partial charge is 0.336 e. The zero-order chi connectivity index (χ0) is 19.6. The Morgan fingerprint density at radius 3 is 2.78 bits per heavy atom. The number of aromatic nitrogens is 1. The number of hydrogen-bond acceptors (Lipinski definition) is 6. The molecule has 144 valence electrons. The number of benzene rings is 1. The van der Waals surface area contributed by atoms with E-state index in [-0.39, 0.29) is 28.9 Å². The number of thiazole rings is 1.